The summed E-state index contributed by atoms with van der Waals surface area (Å²) in [5.41, 5.74) is 7.46. The molecule has 0 saturated heterocycles. The highest BCUT2D eigenvalue weighted by molar-refractivity contribution is 6.01. The number of benzene rings is 1. The van der Waals surface area contributed by atoms with Crippen LogP contribution in [0.2, 0.25) is 0 Å². The smallest absolute Gasteiger partial charge is 0.268 e. The van der Waals surface area contributed by atoms with E-state index in [2.05, 4.69) is 11.4 Å². The van der Waals surface area contributed by atoms with Crippen molar-refractivity contribution in [3.63, 3.8) is 0 Å². The van der Waals surface area contributed by atoms with Crippen LogP contribution < -0.4 is 11.1 Å². The molecule has 1 aromatic heterocycles. The fraction of sp³-hybridized carbons (Fsp3) is 0.474. The Labute approximate surface area is 142 Å². The molecule has 1 aliphatic carbocycles. The van der Waals surface area contributed by atoms with Gasteiger partial charge in [-0.25, -0.2) is 0 Å². The third kappa shape index (κ3) is 2.90. The molecule has 5 heteroatoms. The van der Waals surface area contributed by atoms with Crippen LogP contribution in [0.5, 0.6) is 0 Å². The first-order valence-electron chi connectivity index (χ1n) is 8.61. The number of carbonyl (C=O) groups excluding carboxylic acids is 2. The van der Waals surface area contributed by atoms with Gasteiger partial charge in [0.2, 0.25) is 5.91 Å². The third-order valence-electron chi connectivity index (χ3n) is 5.22. The van der Waals surface area contributed by atoms with E-state index in [1.54, 1.807) is 0 Å². The van der Waals surface area contributed by atoms with E-state index in [0.29, 0.717) is 18.5 Å². The van der Waals surface area contributed by atoms with Gasteiger partial charge in [-0.15, -0.1) is 0 Å². The van der Waals surface area contributed by atoms with E-state index < -0.39 is 11.4 Å². The fourth-order valence-corrected chi connectivity index (χ4v) is 3.70. The van der Waals surface area contributed by atoms with Crippen molar-refractivity contribution in [3.05, 3.63) is 35.5 Å². The van der Waals surface area contributed by atoms with Crippen LogP contribution >= 0.6 is 0 Å². The lowest BCUT2D eigenvalue weighted by molar-refractivity contribution is -0.124. The molecule has 0 atom stereocenters. The van der Waals surface area contributed by atoms with Crippen molar-refractivity contribution in [1.29, 1.82) is 0 Å². The first-order chi connectivity index (χ1) is 11.4. The number of rotatable bonds is 3. The normalized spacial score (nSPS) is 17.4. The average Bonchev–Trinajstić information content (AvgIpc) is 2.73. The Balaban J connectivity index is 1.93. The summed E-state index contributed by atoms with van der Waals surface area (Å²) in [5.74, 6) is -0.653. The molecule has 0 spiro atoms. The maximum absolute atomic E-state index is 12.9. The zero-order chi connectivity index (χ0) is 17.3. The summed E-state index contributed by atoms with van der Waals surface area (Å²) in [5, 5.41) is 3.99. The number of aromatic nitrogens is 1. The molecule has 1 saturated carbocycles. The van der Waals surface area contributed by atoms with Crippen LogP contribution in [0.4, 0.5) is 0 Å². The lowest BCUT2D eigenvalue weighted by atomic mass is 9.89. The summed E-state index contributed by atoms with van der Waals surface area (Å²) in [4.78, 5) is 25.0. The van der Waals surface area contributed by atoms with E-state index in [1.165, 1.54) is 0 Å². The zero-order valence-corrected chi connectivity index (χ0v) is 14.4. The van der Waals surface area contributed by atoms with E-state index in [0.717, 1.165) is 42.1 Å². The molecule has 2 aromatic rings. The SMILES string of the molecule is Cc1ccc2cc(C(=O)NC3(C(N)=O)CCCCCC3)n(C)c2c1. The molecule has 0 aliphatic heterocycles. The minimum atomic E-state index is -0.917. The number of hydrogen-bond acceptors (Lipinski definition) is 2. The number of primary amides is 1. The number of hydrogen-bond donors (Lipinski definition) is 2. The molecular formula is C19H25N3O2. The lowest BCUT2D eigenvalue weighted by Gasteiger charge is -2.30. The molecular weight excluding hydrogens is 302 g/mol. The van der Waals surface area contributed by atoms with Crippen molar-refractivity contribution in [1.82, 2.24) is 9.88 Å². The van der Waals surface area contributed by atoms with Gasteiger partial charge in [0.05, 0.1) is 0 Å². The van der Waals surface area contributed by atoms with Gasteiger partial charge < -0.3 is 15.6 Å². The Kier molecular flexibility index (Phi) is 4.35. The van der Waals surface area contributed by atoms with Gasteiger partial charge in [0.25, 0.3) is 5.91 Å². The maximum Gasteiger partial charge on any atom is 0.268 e. The standard InChI is InChI=1S/C19H25N3O2/c1-13-7-8-14-12-16(22(2)15(14)11-13)17(23)21-19(18(20)24)9-5-3-4-6-10-19/h7-8,11-12H,3-6,9-10H2,1-2H3,(H2,20,24)(H,21,23). The maximum atomic E-state index is 12.9. The number of amides is 2. The molecule has 3 N–H and O–H groups in total. The van der Waals surface area contributed by atoms with Crippen LogP contribution in [0.3, 0.4) is 0 Å². The van der Waals surface area contributed by atoms with Gasteiger partial charge in [-0.2, -0.15) is 0 Å². The van der Waals surface area contributed by atoms with E-state index >= 15 is 0 Å². The van der Waals surface area contributed by atoms with Crippen molar-refractivity contribution in [3.8, 4) is 0 Å². The highest BCUT2D eigenvalue weighted by Crippen LogP contribution is 2.28. The molecule has 0 radical (unpaired) electrons. The summed E-state index contributed by atoms with van der Waals surface area (Å²) in [6.07, 6.45) is 5.24. The number of nitrogens with two attached hydrogens (primary N) is 1. The Bertz CT molecular complexity index is 783. The molecule has 0 unspecified atom stereocenters. The number of carbonyl (C=O) groups is 2. The average molecular weight is 327 g/mol. The molecule has 1 aliphatic rings. The predicted molar refractivity (Wildman–Crippen MR) is 94.7 cm³/mol. The summed E-state index contributed by atoms with van der Waals surface area (Å²) in [6.45, 7) is 2.03. The van der Waals surface area contributed by atoms with Crippen LogP contribution in [0.25, 0.3) is 10.9 Å². The van der Waals surface area contributed by atoms with Crippen LogP contribution in [0.15, 0.2) is 24.3 Å². The molecule has 1 heterocycles. The van der Waals surface area contributed by atoms with Gasteiger partial charge in [-0.3, -0.25) is 9.59 Å². The topological polar surface area (TPSA) is 77.1 Å². The van der Waals surface area contributed by atoms with E-state index in [1.807, 2.05) is 36.7 Å². The number of fused-ring (bicyclic) bond motifs is 1. The second-order valence-corrected chi connectivity index (χ2v) is 6.97. The van der Waals surface area contributed by atoms with Gasteiger partial charge in [-0.1, -0.05) is 37.8 Å². The molecule has 1 fully saturated rings. The largest absolute Gasteiger partial charge is 0.368 e. The first-order valence-corrected chi connectivity index (χ1v) is 8.61. The third-order valence-corrected chi connectivity index (χ3v) is 5.22. The van der Waals surface area contributed by atoms with Crippen LogP contribution in [0.1, 0.15) is 54.6 Å². The van der Waals surface area contributed by atoms with Gasteiger partial charge in [-0.05, 0) is 37.5 Å². The molecule has 5 nitrogen and oxygen atoms in total. The highest BCUT2D eigenvalue weighted by Gasteiger charge is 2.38. The van der Waals surface area contributed by atoms with E-state index in [4.69, 9.17) is 5.73 Å². The summed E-state index contributed by atoms with van der Waals surface area (Å²) >= 11 is 0. The summed E-state index contributed by atoms with van der Waals surface area (Å²) in [7, 11) is 1.88. The molecule has 0 bridgehead atoms. The Morgan fingerprint density at radius 3 is 2.42 bits per heavy atom. The summed E-state index contributed by atoms with van der Waals surface area (Å²) in [6, 6.07) is 7.97. The van der Waals surface area contributed by atoms with Crippen molar-refractivity contribution >= 4 is 22.7 Å². The van der Waals surface area contributed by atoms with Crippen molar-refractivity contribution in [2.75, 3.05) is 0 Å². The predicted octanol–water partition coefficient (Wildman–Crippen LogP) is 2.79. The van der Waals surface area contributed by atoms with E-state index in [-0.39, 0.29) is 5.91 Å². The minimum absolute atomic E-state index is 0.230. The fourth-order valence-electron chi connectivity index (χ4n) is 3.70. The van der Waals surface area contributed by atoms with Gasteiger partial charge in [0.15, 0.2) is 0 Å². The molecule has 24 heavy (non-hydrogen) atoms. The van der Waals surface area contributed by atoms with Crippen LogP contribution in [0, 0.1) is 6.92 Å². The summed E-state index contributed by atoms with van der Waals surface area (Å²) < 4.78 is 1.88. The number of nitrogens with one attached hydrogen (secondary N) is 1. The van der Waals surface area contributed by atoms with Crippen LogP contribution in [-0.2, 0) is 11.8 Å². The van der Waals surface area contributed by atoms with Crippen molar-refractivity contribution in [2.24, 2.45) is 12.8 Å². The second kappa shape index (κ2) is 6.30. The van der Waals surface area contributed by atoms with Gasteiger partial charge >= 0.3 is 0 Å². The number of aryl methyl sites for hydroxylation is 2. The second-order valence-electron chi connectivity index (χ2n) is 6.97. The quantitative estimate of drug-likeness (QED) is 0.850. The van der Waals surface area contributed by atoms with Crippen molar-refractivity contribution in [2.45, 2.75) is 51.0 Å². The van der Waals surface area contributed by atoms with E-state index in [9.17, 15) is 9.59 Å². The first kappa shape index (κ1) is 16.6. The number of nitrogens with zero attached hydrogens (tertiary/aromatic N) is 1. The monoisotopic (exact) mass is 327 g/mol. The molecule has 3 rings (SSSR count). The Hall–Kier alpha value is -2.30. The van der Waals surface area contributed by atoms with Crippen molar-refractivity contribution < 1.29 is 9.59 Å². The Morgan fingerprint density at radius 1 is 1.12 bits per heavy atom. The Morgan fingerprint density at radius 2 is 1.79 bits per heavy atom. The molecule has 1 aromatic carbocycles. The molecule has 128 valence electrons. The lowest BCUT2D eigenvalue weighted by Crippen LogP contribution is -2.57. The minimum Gasteiger partial charge on any atom is -0.368 e. The van der Waals surface area contributed by atoms with Gasteiger partial charge in [0.1, 0.15) is 11.2 Å². The van der Waals surface area contributed by atoms with Gasteiger partial charge in [0, 0.05) is 18.0 Å². The highest BCUT2D eigenvalue weighted by atomic mass is 16.2. The zero-order valence-electron chi connectivity index (χ0n) is 14.4. The molecule has 2 amide bonds. The van der Waals surface area contributed by atoms with Crippen LogP contribution in [-0.4, -0.2) is 21.9 Å².